The molecule has 114 valence electrons. The van der Waals surface area contributed by atoms with Gasteiger partial charge in [0.25, 0.3) is 0 Å². The molecule has 0 radical (unpaired) electrons. The molecule has 0 aliphatic heterocycles. The van der Waals surface area contributed by atoms with E-state index in [9.17, 15) is 4.39 Å². The summed E-state index contributed by atoms with van der Waals surface area (Å²) in [6.45, 7) is 5.60. The van der Waals surface area contributed by atoms with E-state index in [1.54, 1.807) is 6.07 Å². The predicted molar refractivity (Wildman–Crippen MR) is 84.1 cm³/mol. The summed E-state index contributed by atoms with van der Waals surface area (Å²) in [5.41, 5.74) is 6.66. The van der Waals surface area contributed by atoms with E-state index in [0.717, 1.165) is 12.0 Å². The molecule has 1 unspecified atom stereocenters. The molecule has 0 saturated heterocycles. The number of hydrogen-bond donors (Lipinski definition) is 1. The standard InChI is InChI=1S/C17H29FN2/c1-4-5-6-9-12-17(2,14-19)20(3)13-15-10-7-8-11-16(15)18/h7-8,10-11H,4-6,9,12-14,19H2,1-3H3. The van der Waals surface area contributed by atoms with Crippen LogP contribution < -0.4 is 5.73 Å². The lowest BCUT2D eigenvalue weighted by atomic mass is 9.92. The van der Waals surface area contributed by atoms with Crippen LogP contribution in [0, 0.1) is 5.82 Å². The highest BCUT2D eigenvalue weighted by molar-refractivity contribution is 5.17. The van der Waals surface area contributed by atoms with E-state index in [-0.39, 0.29) is 11.4 Å². The fraction of sp³-hybridized carbons (Fsp3) is 0.647. The first kappa shape index (κ1) is 17.1. The van der Waals surface area contributed by atoms with Crippen molar-refractivity contribution in [1.29, 1.82) is 0 Å². The molecular weight excluding hydrogens is 251 g/mol. The summed E-state index contributed by atoms with van der Waals surface area (Å²) in [6.07, 6.45) is 6.01. The average Bonchev–Trinajstić information content (AvgIpc) is 2.45. The Morgan fingerprint density at radius 3 is 2.50 bits per heavy atom. The van der Waals surface area contributed by atoms with Crippen LogP contribution in [-0.4, -0.2) is 24.0 Å². The highest BCUT2D eigenvalue weighted by atomic mass is 19.1. The van der Waals surface area contributed by atoms with Gasteiger partial charge in [-0.2, -0.15) is 0 Å². The van der Waals surface area contributed by atoms with E-state index >= 15 is 0 Å². The predicted octanol–water partition coefficient (Wildman–Crippen LogP) is 3.95. The van der Waals surface area contributed by atoms with Gasteiger partial charge in [-0.15, -0.1) is 0 Å². The maximum absolute atomic E-state index is 13.7. The summed E-state index contributed by atoms with van der Waals surface area (Å²) in [4.78, 5) is 2.19. The van der Waals surface area contributed by atoms with Crippen LogP contribution in [0.4, 0.5) is 4.39 Å². The van der Waals surface area contributed by atoms with Crippen LogP contribution in [0.2, 0.25) is 0 Å². The third-order valence-corrected chi connectivity index (χ3v) is 4.30. The van der Waals surface area contributed by atoms with Crippen molar-refractivity contribution < 1.29 is 4.39 Å². The Morgan fingerprint density at radius 2 is 1.90 bits per heavy atom. The summed E-state index contributed by atoms with van der Waals surface area (Å²) >= 11 is 0. The quantitative estimate of drug-likeness (QED) is 0.694. The molecule has 1 rings (SSSR count). The molecule has 0 spiro atoms. The lowest BCUT2D eigenvalue weighted by Crippen LogP contribution is -2.49. The molecule has 0 bridgehead atoms. The highest BCUT2D eigenvalue weighted by Crippen LogP contribution is 2.23. The minimum Gasteiger partial charge on any atom is -0.329 e. The Morgan fingerprint density at radius 1 is 1.20 bits per heavy atom. The Kier molecular flexibility index (Phi) is 7.17. The van der Waals surface area contributed by atoms with Gasteiger partial charge in [0.1, 0.15) is 5.82 Å². The summed E-state index contributed by atoms with van der Waals surface area (Å²) < 4.78 is 13.7. The summed E-state index contributed by atoms with van der Waals surface area (Å²) in [5.74, 6) is -0.135. The fourth-order valence-electron chi connectivity index (χ4n) is 2.45. The van der Waals surface area contributed by atoms with Gasteiger partial charge >= 0.3 is 0 Å². The Hall–Kier alpha value is -0.930. The van der Waals surface area contributed by atoms with E-state index in [1.165, 1.54) is 31.7 Å². The van der Waals surface area contributed by atoms with E-state index < -0.39 is 0 Å². The zero-order chi connectivity index (χ0) is 15.0. The van der Waals surface area contributed by atoms with E-state index in [1.807, 2.05) is 19.2 Å². The van der Waals surface area contributed by atoms with Crippen molar-refractivity contribution in [2.75, 3.05) is 13.6 Å². The smallest absolute Gasteiger partial charge is 0.127 e. The van der Waals surface area contributed by atoms with Gasteiger partial charge in [-0.3, -0.25) is 4.90 Å². The second kappa shape index (κ2) is 8.38. The van der Waals surface area contributed by atoms with Gasteiger partial charge in [-0.1, -0.05) is 50.8 Å². The van der Waals surface area contributed by atoms with Crippen molar-refractivity contribution in [3.63, 3.8) is 0 Å². The fourth-order valence-corrected chi connectivity index (χ4v) is 2.45. The summed E-state index contributed by atoms with van der Waals surface area (Å²) in [6, 6.07) is 6.98. The van der Waals surface area contributed by atoms with Crippen molar-refractivity contribution in [3.8, 4) is 0 Å². The molecule has 0 saturated carbocycles. The van der Waals surface area contributed by atoms with E-state index in [2.05, 4.69) is 18.7 Å². The topological polar surface area (TPSA) is 29.3 Å². The largest absolute Gasteiger partial charge is 0.329 e. The van der Waals surface area contributed by atoms with E-state index in [0.29, 0.717) is 13.1 Å². The number of likely N-dealkylation sites (N-methyl/N-ethyl adjacent to an activating group) is 1. The molecule has 0 aromatic heterocycles. The first-order valence-corrected chi connectivity index (χ1v) is 7.68. The Balaban J connectivity index is 2.61. The van der Waals surface area contributed by atoms with Gasteiger partial charge in [0.05, 0.1) is 0 Å². The normalized spacial score (nSPS) is 14.5. The van der Waals surface area contributed by atoms with Gasteiger partial charge in [0.15, 0.2) is 0 Å². The molecule has 0 fully saturated rings. The summed E-state index contributed by atoms with van der Waals surface area (Å²) in [7, 11) is 2.04. The molecule has 3 heteroatoms. The van der Waals surface area contributed by atoms with Crippen molar-refractivity contribution in [1.82, 2.24) is 4.90 Å². The van der Waals surface area contributed by atoms with Gasteiger partial charge in [-0.25, -0.2) is 4.39 Å². The second-order valence-corrected chi connectivity index (χ2v) is 5.96. The first-order chi connectivity index (χ1) is 9.53. The second-order valence-electron chi connectivity index (χ2n) is 5.96. The number of benzene rings is 1. The SMILES string of the molecule is CCCCCCC(C)(CN)N(C)Cc1ccccc1F. The molecule has 1 aromatic carbocycles. The number of unbranched alkanes of at least 4 members (excludes halogenated alkanes) is 3. The lowest BCUT2D eigenvalue weighted by Gasteiger charge is -2.38. The third-order valence-electron chi connectivity index (χ3n) is 4.30. The van der Waals surface area contributed by atoms with Crippen LogP contribution in [-0.2, 0) is 6.54 Å². The van der Waals surface area contributed by atoms with Gasteiger partial charge in [0, 0.05) is 24.2 Å². The minimum absolute atomic E-state index is 0.0595. The number of halogens is 1. The van der Waals surface area contributed by atoms with Crippen molar-refractivity contribution in [2.24, 2.45) is 5.73 Å². The van der Waals surface area contributed by atoms with Crippen molar-refractivity contribution in [2.45, 2.75) is 58.0 Å². The molecule has 1 atom stereocenters. The third kappa shape index (κ3) is 4.88. The molecule has 2 nitrogen and oxygen atoms in total. The van der Waals surface area contributed by atoms with Crippen LogP contribution in [0.15, 0.2) is 24.3 Å². The van der Waals surface area contributed by atoms with Crippen LogP contribution in [0.3, 0.4) is 0 Å². The number of hydrogen-bond acceptors (Lipinski definition) is 2. The Bertz CT molecular complexity index is 394. The molecule has 0 amide bonds. The van der Waals surface area contributed by atoms with E-state index in [4.69, 9.17) is 5.73 Å². The molecule has 0 aliphatic rings. The zero-order valence-electron chi connectivity index (χ0n) is 13.2. The van der Waals surface area contributed by atoms with Crippen LogP contribution in [0.25, 0.3) is 0 Å². The Labute approximate surface area is 123 Å². The van der Waals surface area contributed by atoms with Gasteiger partial charge in [0.2, 0.25) is 0 Å². The van der Waals surface area contributed by atoms with Crippen molar-refractivity contribution in [3.05, 3.63) is 35.6 Å². The molecule has 1 aromatic rings. The summed E-state index contributed by atoms with van der Waals surface area (Å²) in [5, 5.41) is 0. The molecule has 2 N–H and O–H groups in total. The number of rotatable bonds is 9. The molecular formula is C17H29FN2. The highest BCUT2D eigenvalue weighted by Gasteiger charge is 2.27. The molecule has 0 aliphatic carbocycles. The number of nitrogens with zero attached hydrogens (tertiary/aromatic N) is 1. The maximum atomic E-state index is 13.7. The molecule has 0 heterocycles. The minimum atomic E-state index is -0.135. The van der Waals surface area contributed by atoms with Crippen LogP contribution in [0.5, 0.6) is 0 Å². The first-order valence-electron chi connectivity index (χ1n) is 7.68. The monoisotopic (exact) mass is 280 g/mol. The van der Waals surface area contributed by atoms with Crippen LogP contribution in [0.1, 0.15) is 51.5 Å². The van der Waals surface area contributed by atoms with Crippen LogP contribution >= 0.6 is 0 Å². The zero-order valence-corrected chi connectivity index (χ0v) is 13.2. The van der Waals surface area contributed by atoms with Gasteiger partial charge < -0.3 is 5.73 Å². The lowest BCUT2D eigenvalue weighted by molar-refractivity contribution is 0.121. The maximum Gasteiger partial charge on any atom is 0.127 e. The molecule has 20 heavy (non-hydrogen) atoms. The number of nitrogens with two attached hydrogens (primary N) is 1. The van der Waals surface area contributed by atoms with Gasteiger partial charge in [-0.05, 0) is 26.5 Å². The van der Waals surface area contributed by atoms with Crippen molar-refractivity contribution >= 4 is 0 Å². The average molecular weight is 280 g/mol.